The molecule has 0 atom stereocenters. The Labute approximate surface area is 263 Å². The minimum absolute atomic E-state index is 0.688. The van der Waals surface area contributed by atoms with Gasteiger partial charge in [0.25, 0.3) is 0 Å². The molecule has 214 valence electrons. The van der Waals surface area contributed by atoms with Gasteiger partial charge in [0.05, 0.1) is 28.6 Å². The van der Waals surface area contributed by atoms with Crippen molar-refractivity contribution in [3.8, 4) is 33.9 Å². The number of benzene rings is 6. The van der Waals surface area contributed by atoms with Crippen LogP contribution in [0, 0.1) is 0 Å². The monoisotopic (exact) mass is 588 g/mol. The summed E-state index contributed by atoms with van der Waals surface area (Å²) in [5.74, 6) is 0.688. The Balaban J connectivity index is 1.25. The maximum Gasteiger partial charge on any atom is 0.160 e. The molecule has 4 aromatic heterocycles. The van der Waals surface area contributed by atoms with Gasteiger partial charge in [-0.3, -0.25) is 4.40 Å². The van der Waals surface area contributed by atoms with E-state index in [9.17, 15) is 0 Å². The van der Waals surface area contributed by atoms with Crippen molar-refractivity contribution >= 4 is 60.2 Å². The number of hydrogen-bond acceptors (Lipinski definition) is 4. The average molecular weight is 589 g/mol. The SMILES string of the molecule is c1ccc(-c2cc(-c3ccccc3)nc(-c3ccc4c(c3)c3ccccc3c3nc5cc6c(cn5c43)oc3ccccc36)n2)cc1. The van der Waals surface area contributed by atoms with Crippen molar-refractivity contribution in [1.82, 2.24) is 19.4 Å². The molecule has 0 N–H and O–H groups in total. The third-order valence-electron chi connectivity index (χ3n) is 8.99. The Morgan fingerprint density at radius 3 is 1.83 bits per heavy atom. The highest BCUT2D eigenvalue weighted by molar-refractivity contribution is 6.24. The van der Waals surface area contributed by atoms with E-state index in [-0.39, 0.29) is 0 Å². The number of furan rings is 1. The van der Waals surface area contributed by atoms with E-state index in [1.807, 2.05) is 54.6 Å². The highest BCUT2D eigenvalue weighted by atomic mass is 16.3. The summed E-state index contributed by atoms with van der Waals surface area (Å²) in [6.07, 6.45) is 2.08. The summed E-state index contributed by atoms with van der Waals surface area (Å²) in [5, 5.41) is 6.66. The Morgan fingerprint density at radius 2 is 1.09 bits per heavy atom. The molecule has 46 heavy (non-hydrogen) atoms. The average Bonchev–Trinajstić information content (AvgIpc) is 3.69. The zero-order valence-corrected chi connectivity index (χ0v) is 24.6. The molecule has 0 unspecified atom stereocenters. The predicted molar refractivity (Wildman–Crippen MR) is 187 cm³/mol. The van der Waals surface area contributed by atoms with E-state index in [2.05, 4.69) is 95.5 Å². The van der Waals surface area contributed by atoms with Gasteiger partial charge >= 0.3 is 0 Å². The quantitative estimate of drug-likeness (QED) is 0.193. The molecule has 0 aliphatic rings. The van der Waals surface area contributed by atoms with Crippen molar-refractivity contribution in [3.63, 3.8) is 0 Å². The molecule has 0 fully saturated rings. The summed E-state index contributed by atoms with van der Waals surface area (Å²) in [5.41, 5.74) is 9.49. The van der Waals surface area contributed by atoms with E-state index in [4.69, 9.17) is 19.4 Å². The number of nitrogens with zero attached hydrogens (tertiary/aromatic N) is 4. The topological polar surface area (TPSA) is 56.2 Å². The van der Waals surface area contributed by atoms with Gasteiger partial charge in [0.15, 0.2) is 11.4 Å². The maximum absolute atomic E-state index is 6.29. The molecular formula is C41H24N4O. The number of para-hydroxylation sites is 1. The Kier molecular flexibility index (Phi) is 5.22. The molecule has 0 radical (unpaired) electrons. The Bertz CT molecular complexity index is 2740. The summed E-state index contributed by atoms with van der Waals surface area (Å²) in [6, 6.07) is 48.1. The second kappa shape index (κ2) is 9.58. The predicted octanol–water partition coefficient (Wildman–Crippen LogP) is 10.5. The Morgan fingerprint density at radius 1 is 0.435 bits per heavy atom. The fraction of sp³-hybridized carbons (Fsp3) is 0. The second-order valence-electron chi connectivity index (χ2n) is 11.7. The molecule has 0 amide bonds. The molecule has 0 saturated carbocycles. The summed E-state index contributed by atoms with van der Waals surface area (Å²) in [4.78, 5) is 15.4. The number of pyridine rings is 1. The van der Waals surface area contributed by atoms with E-state index in [0.29, 0.717) is 5.82 Å². The standard InChI is InChI=1S/C41H24N4O/c1-3-11-25(12-4-1)34-23-35(26-13-5-2-6-14-26)43-41(42-34)27-19-20-31-32(21-27)28-15-7-8-17-30(28)39-40(31)45-24-37-33(22-38(45)44-39)29-16-9-10-18-36(29)46-37/h1-24H. The van der Waals surface area contributed by atoms with Gasteiger partial charge < -0.3 is 4.42 Å². The number of imidazole rings is 1. The zero-order valence-electron chi connectivity index (χ0n) is 24.6. The van der Waals surface area contributed by atoms with E-state index in [0.717, 1.165) is 88.2 Å². The summed E-state index contributed by atoms with van der Waals surface area (Å²) >= 11 is 0. The lowest BCUT2D eigenvalue weighted by molar-refractivity contribution is 0.666. The van der Waals surface area contributed by atoms with Crippen molar-refractivity contribution in [2.75, 3.05) is 0 Å². The van der Waals surface area contributed by atoms with E-state index >= 15 is 0 Å². The Hall–Kier alpha value is -6.33. The van der Waals surface area contributed by atoms with Gasteiger partial charge in [0.1, 0.15) is 11.2 Å². The van der Waals surface area contributed by atoms with Crippen molar-refractivity contribution in [1.29, 1.82) is 0 Å². The van der Waals surface area contributed by atoms with Crippen LogP contribution in [-0.2, 0) is 0 Å². The fourth-order valence-electron chi connectivity index (χ4n) is 6.83. The summed E-state index contributed by atoms with van der Waals surface area (Å²) in [7, 11) is 0. The van der Waals surface area contributed by atoms with Crippen LogP contribution in [0.2, 0.25) is 0 Å². The molecular weight excluding hydrogens is 564 g/mol. The number of rotatable bonds is 3. The third kappa shape index (κ3) is 3.72. The van der Waals surface area contributed by atoms with Crippen LogP contribution in [0.5, 0.6) is 0 Å². The normalized spacial score (nSPS) is 11.9. The van der Waals surface area contributed by atoms with Crippen LogP contribution in [-0.4, -0.2) is 19.4 Å². The minimum Gasteiger partial charge on any atom is -0.455 e. The number of aromatic nitrogens is 4. The van der Waals surface area contributed by atoms with E-state index in [1.54, 1.807) is 0 Å². The van der Waals surface area contributed by atoms with Gasteiger partial charge in [-0.15, -0.1) is 0 Å². The van der Waals surface area contributed by atoms with Crippen LogP contribution >= 0.6 is 0 Å². The lowest BCUT2D eigenvalue weighted by atomic mass is 9.97. The third-order valence-corrected chi connectivity index (χ3v) is 8.99. The lowest BCUT2D eigenvalue weighted by Gasteiger charge is -2.12. The molecule has 10 aromatic rings. The molecule has 5 heteroatoms. The highest BCUT2D eigenvalue weighted by Gasteiger charge is 2.18. The van der Waals surface area contributed by atoms with Crippen LogP contribution < -0.4 is 0 Å². The van der Waals surface area contributed by atoms with Gasteiger partial charge in [0.2, 0.25) is 0 Å². The van der Waals surface area contributed by atoms with Gasteiger partial charge in [-0.1, -0.05) is 115 Å². The highest BCUT2D eigenvalue weighted by Crippen LogP contribution is 2.39. The molecule has 0 saturated heterocycles. The van der Waals surface area contributed by atoms with Gasteiger partial charge in [0, 0.05) is 38.2 Å². The smallest absolute Gasteiger partial charge is 0.160 e. The van der Waals surface area contributed by atoms with Crippen LogP contribution in [0.1, 0.15) is 0 Å². The first-order valence-corrected chi connectivity index (χ1v) is 15.4. The minimum atomic E-state index is 0.688. The van der Waals surface area contributed by atoms with E-state index < -0.39 is 0 Å². The maximum atomic E-state index is 6.29. The largest absolute Gasteiger partial charge is 0.455 e. The molecule has 6 aromatic carbocycles. The first-order chi connectivity index (χ1) is 22.8. The van der Waals surface area contributed by atoms with Crippen LogP contribution in [0.3, 0.4) is 0 Å². The zero-order chi connectivity index (χ0) is 30.2. The molecule has 10 rings (SSSR count). The molecule has 4 heterocycles. The first-order valence-electron chi connectivity index (χ1n) is 15.4. The molecule has 0 bridgehead atoms. The summed E-state index contributed by atoms with van der Waals surface area (Å²) in [6.45, 7) is 0. The molecule has 0 spiro atoms. The van der Waals surface area contributed by atoms with Crippen LogP contribution in [0.4, 0.5) is 0 Å². The van der Waals surface area contributed by atoms with E-state index in [1.165, 1.54) is 0 Å². The first kappa shape index (κ1) is 25.0. The molecule has 0 aliphatic heterocycles. The van der Waals surface area contributed by atoms with Crippen molar-refractivity contribution in [2.24, 2.45) is 0 Å². The number of hydrogen-bond donors (Lipinski definition) is 0. The van der Waals surface area contributed by atoms with Crippen molar-refractivity contribution < 1.29 is 4.42 Å². The van der Waals surface area contributed by atoms with Crippen LogP contribution in [0.15, 0.2) is 150 Å². The fourth-order valence-corrected chi connectivity index (χ4v) is 6.83. The van der Waals surface area contributed by atoms with Crippen LogP contribution in [0.25, 0.3) is 94.1 Å². The van der Waals surface area contributed by atoms with Gasteiger partial charge in [-0.05, 0) is 35.0 Å². The van der Waals surface area contributed by atoms with Gasteiger partial charge in [-0.25, -0.2) is 15.0 Å². The number of fused-ring (bicyclic) bond motifs is 11. The van der Waals surface area contributed by atoms with Crippen molar-refractivity contribution in [2.45, 2.75) is 0 Å². The summed E-state index contributed by atoms with van der Waals surface area (Å²) < 4.78 is 8.46. The molecule has 5 nitrogen and oxygen atoms in total. The van der Waals surface area contributed by atoms with Gasteiger partial charge in [-0.2, -0.15) is 0 Å². The molecule has 0 aliphatic carbocycles. The van der Waals surface area contributed by atoms with Crippen molar-refractivity contribution in [3.05, 3.63) is 146 Å². The lowest BCUT2D eigenvalue weighted by Crippen LogP contribution is -1.96. The second-order valence-corrected chi connectivity index (χ2v) is 11.7.